The normalized spacial score (nSPS) is 12.1. The van der Waals surface area contributed by atoms with Crippen LogP contribution in [0.5, 0.6) is 0 Å². The second-order valence-electron chi connectivity index (χ2n) is 6.41. The van der Waals surface area contributed by atoms with Gasteiger partial charge in [-0.3, -0.25) is 0 Å². The number of aromatic nitrogens is 1. The van der Waals surface area contributed by atoms with Gasteiger partial charge in [0.15, 0.2) is 5.13 Å². The van der Waals surface area contributed by atoms with Crippen molar-refractivity contribution in [3.63, 3.8) is 0 Å². The first kappa shape index (κ1) is 18.2. The third kappa shape index (κ3) is 3.63. The fourth-order valence-electron chi connectivity index (χ4n) is 3.31. The van der Waals surface area contributed by atoms with Gasteiger partial charge in [0.2, 0.25) is 0 Å². The fraction of sp³-hybridized carbons (Fsp3) is 0.174. The molecular weight excluding hydrogens is 336 g/mol. The lowest BCUT2D eigenvalue weighted by molar-refractivity contribution is 1.32. The largest absolute Gasteiger partial charge is 0.332 e. The van der Waals surface area contributed by atoms with E-state index in [4.69, 9.17) is 4.98 Å². The Morgan fingerprint density at radius 1 is 1.15 bits per heavy atom. The Morgan fingerprint density at radius 3 is 2.54 bits per heavy atom. The van der Waals surface area contributed by atoms with Gasteiger partial charge in [-0.15, -0.1) is 0 Å². The van der Waals surface area contributed by atoms with E-state index in [-0.39, 0.29) is 0 Å². The van der Waals surface area contributed by atoms with Gasteiger partial charge in [-0.1, -0.05) is 66.0 Å². The predicted octanol–water partition coefficient (Wildman–Crippen LogP) is 6.95. The molecule has 2 aromatic carbocycles. The predicted molar refractivity (Wildman–Crippen MR) is 116 cm³/mol. The van der Waals surface area contributed by atoms with Crippen LogP contribution < -0.4 is 5.32 Å². The van der Waals surface area contributed by atoms with E-state index in [0.29, 0.717) is 0 Å². The summed E-state index contributed by atoms with van der Waals surface area (Å²) in [5.74, 6) is 0. The number of fused-ring (bicyclic) bond motifs is 1. The Hall–Kier alpha value is -2.65. The molecule has 132 valence electrons. The molecule has 3 rings (SSSR count). The van der Waals surface area contributed by atoms with E-state index in [9.17, 15) is 0 Å². The molecule has 0 bridgehead atoms. The molecule has 0 saturated heterocycles. The molecule has 1 N–H and O–H groups in total. The number of nitrogens with zero attached hydrogens (tertiary/aromatic N) is 1. The maximum absolute atomic E-state index is 4.90. The summed E-state index contributed by atoms with van der Waals surface area (Å²) < 4.78 is 1.19. The zero-order valence-electron chi connectivity index (χ0n) is 15.8. The minimum Gasteiger partial charge on any atom is -0.332 e. The number of benzene rings is 2. The van der Waals surface area contributed by atoms with Gasteiger partial charge in [0.05, 0.1) is 10.2 Å². The molecule has 26 heavy (non-hydrogen) atoms. The van der Waals surface area contributed by atoms with E-state index >= 15 is 0 Å². The Balaban J connectivity index is 2.09. The lowest BCUT2D eigenvalue weighted by Gasteiger charge is -2.12. The quantitative estimate of drug-likeness (QED) is 0.498. The van der Waals surface area contributed by atoms with Crippen LogP contribution in [-0.2, 0) is 0 Å². The zero-order chi connectivity index (χ0) is 18.7. The Labute approximate surface area is 159 Å². The van der Waals surface area contributed by atoms with Gasteiger partial charge >= 0.3 is 0 Å². The first-order chi connectivity index (χ1) is 12.5. The van der Waals surface area contributed by atoms with Crippen molar-refractivity contribution in [1.82, 2.24) is 4.98 Å². The highest BCUT2D eigenvalue weighted by molar-refractivity contribution is 7.22. The summed E-state index contributed by atoms with van der Waals surface area (Å²) >= 11 is 1.68. The van der Waals surface area contributed by atoms with E-state index in [1.165, 1.54) is 32.5 Å². The SMILES string of the molecule is C=C/C=C\C(=C/C)Nc1nc2c(-c3c(C)cc(C)cc3C)cccc2s1. The number of nitrogens with one attached hydrogen (secondary N) is 1. The lowest BCUT2D eigenvalue weighted by atomic mass is 9.93. The molecule has 0 aliphatic rings. The van der Waals surface area contributed by atoms with E-state index in [2.05, 4.69) is 63.0 Å². The highest BCUT2D eigenvalue weighted by atomic mass is 32.1. The van der Waals surface area contributed by atoms with Crippen molar-refractivity contribution in [3.8, 4) is 11.1 Å². The lowest BCUT2D eigenvalue weighted by Crippen LogP contribution is -1.95. The summed E-state index contributed by atoms with van der Waals surface area (Å²) in [6.07, 6.45) is 7.71. The Bertz CT molecular complexity index is 999. The van der Waals surface area contributed by atoms with Crippen LogP contribution in [0.25, 0.3) is 21.3 Å². The summed E-state index contributed by atoms with van der Waals surface area (Å²) in [6.45, 7) is 12.2. The minimum atomic E-state index is 0.900. The van der Waals surface area contributed by atoms with Gasteiger partial charge in [0.25, 0.3) is 0 Å². The number of hydrogen-bond donors (Lipinski definition) is 1. The molecule has 1 aromatic heterocycles. The third-order valence-electron chi connectivity index (χ3n) is 4.34. The highest BCUT2D eigenvalue weighted by Crippen LogP contribution is 2.37. The number of allylic oxidation sites excluding steroid dienone is 4. The molecule has 0 unspecified atom stereocenters. The van der Waals surface area contributed by atoms with Crippen LogP contribution in [-0.4, -0.2) is 4.98 Å². The molecule has 0 amide bonds. The Morgan fingerprint density at radius 2 is 1.88 bits per heavy atom. The molecule has 0 saturated carbocycles. The zero-order valence-corrected chi connectivity index (χ0v) is 16.6. The first-order valence-electron chi connectivity index (χ1n) is 8.73. The van der Waals surface area contributed by atoms with Crippen LogP contribution in [0.1, 0.15) is 23.6 Å². The first-order valence-corrected chi connectivity index (χ1v) is 9.55. The van der Waals surface area contributed by atoms with E-state index in [1.807, 2.05) is 25.2 Å². The van der Waals surface area contributed by atoms with E-state index in [0.717, 1.165) is 16.3 Å². The van der Waals surface area contributed by atoms with Gasteiger partial charge in [-0.2, -0.15) is 0 Å². The van der Waals surface area contributed by atoms with Crippen molar-refractivity contribution >= 4 is 26.7 Å². The number of aryl methyl sites for hydroxylation is 3. The average Bonchev–Trinajstić information content (AvgIpc) is 3.01. The van der Waals surface area contributed by atoms with Crippen LogP contribution in [0.4, 0.5) is 5.13 Å². The standard InChI is InChI=1S/C23H24N2S/c1-6-8-10-18(7-2)24-23-25-22-19(11-9-12-20(22)26-23)21-16(4)13-15(3)14-17(21)5/h6-14H,1H2,2-5H3,(H,24,25)/b10-8-,18-7+. The molecular formula is C23H24N2S. The van der Waals surface area contributed by atoms with Gasteiger partial charge in [-0.05, 0) is 56.5 Å². The van der Waals surface area contributed by atoms with Crippen LogP contribution in [0, 0.1) is 20.8 Å². The van der Waals surface area contributed by atoms with Crippen LogP contribution in [0.15, 0.2) is 66.9 Å². The summed E-state index contributed by atoms with van der Waals surface area (Å²) in [5, 5.41) is 4.30. The molecule has 2 nitrogen and oxygen atoms in total. The Kier molecular flexibility index (Phi) is 5.38. The number of para-hydroxylation sites is 1. The molecule has 0 radical (unpaired) electrons. The molecule has 0 aliphatic carbocycles. The van der Waals surface area contributed by atoms with Gasteiger partial charge in [0, 0.05) is 11.3 Å². The molecule has 3 aromatic rings. The van der Waals surface area contributed by atoms with Gasteiger partial charge in [-0.25, -0.2) is 4.98 Å². The van der Waals surface area contributed by atoms with Crippen LogP contribution >= 0.6 is 11.3 Å². The molecule has 1 heterocycles. The van der Waals surface area contributed by atoms with Gasteiger partial charge < -0.3 is 5.32 Å². The second kappa shape index (κ2) is 7.71. The van der Waals surface area contributed by atoms with Crippen molar-refractivity contribution in [2.45, 2.75) is 27.7 Å². The summed E-state index contributed by atoms with van der Waals surface area (Å²) in [7, 11) is 0. The monoisotopic (exact) mass is 360 g/mol. The topological polar surface area (TPSA) is 24.9 Å². The summed E-state index contributed by atoms with van der Waals surface area (Å²) in [4.78, 5) is 4.90. The average molecular weight is 361 g/mol. The minimum absolute atomic E-state index is 0.900. The smallest absolute Gasteiger partial charge is 0.188 e. The highest BCUT2D eigenvalue weighted by Gasteiger charge is 2.14. The summed E-state index contributed by atoms with van der Waals surface area (Å²) in [6, 6.07) is 10.9. The summed E-state index contributed by atoms with van der Waals surface area (Å²) in [5.41, 5.74) is 8.43. The van der Waals surface area contributed by atoms with Crippen LogP contribution in [0.2, 0.25) is 0 Å². The van der Waals surface area contributed by atoms with Crippen molar-refractivity contribution < 1.29 is 0 Å². The third-order valence-corrected chi connectivity index (χ3v) is 5.28. The van der Waals surface area contributed by atoms with Crippen molar-refractivity contribution in [1.29, 1.82) is 0 Å². The number of rotatable bonds is 5. The molecule has 0 aliphatic heterocycles. The van der Waals surface area contributed by atoms with Crippen molar-refractivity contribution in [2.75, 3.05) is 5.32 Å². The molecule has 0 atom stereocenters. The molecule has 0 fully saturated rings. The maximum Gasteiger partial charge on any atom is 0.188 e. The van der Waals surface area contributed by atoms with Crippen LogP contribution in [0.3, 0.4) is 0 Å². The van der Waals surface area contributed by atoms with E-state index in [1.54, 1.807) is 17.4 Å². The van der Waals surface area contributed by atoms with E-state index < -0.39 is 0 Å². The second-order valence-corrected chi connectivity index (χ2v) is 7.44. The van der Waals surface area contributed by atoms with Crippen molar-refractivity contribution in [3.05, 3.63) is 83.6 Å². The number of hydrogen-bond acceptors (Lipinski definition) is 3. The molecule has 0 spiro atoms. The maximum atomic E-state index is 4.90. The molecule has 3 heteroatoms. The fourth-order valence-corrected chi connectivity index (χ4v) is 4.23. The number of thiazole rings is 1. The number of anilines is 1. The van der Waals surface area contributed by atoms with Gasteiger partial charge in [0.1, 0.15) is 0 Å². The van der Waals surface area contributed by atoms with Crippen molar-refractivity contribution in [2.24, 2.45) is 0 Å².